The van der Waals surface area contributed by atoms with Gasteiger partial charge in [-0.2, -0.15) is 0 Å². The first kappa shape index (κ1) is 22.5. The Kier molecular flexibility index (Phi) is 15.4. The van der Waals surface area contributed by atoms with Gasteiger partial charge in [0.15, 0.2) is 0 Å². The third kappa shape index (κ3) is 14.1. The molecule has 0 bridgehead atoms. The van der Waals surface area contributed by atoms with Crippen LogP contribution < -0.4 is 9.67 Å². The average Bonchev–Trinajstić information content (AvgIpc) is 3.04. The molecule has 0 saturated heterocycles. The second-order valence-electron chi connectivity index (χ2n) is 4.81. The Morgan fingerprint density at radius 3 is 2.21 bits per heavy atom. The van der Waals surface area contributed by atoms with E-state index in [4.69, 9.17) is 18.9 Å². The van der Waals surface area contributed by atoms with Crippen LogP contribution in [0.1, 0.15) is 13.3 Å². The number of aryl methyl sites for hydroxylation is 1. The monoisotopic (exact) mass is 346 g/mol. The maximum absolute atomic E-state index is 9.93. The minimum absolute atomic E-state index is 0.0714. The highest BCUT2D eigenvalue weighted by Crippen LogP contribution is 1.83. The Morgan fingerprint density at radius 1 is 1.04 bits per heavy atom. The van der Waals surface area contributed by atoms with Gasteiger partial charge in [-0.3, -0.25) is 0 Å². The topological polar surface area (TPSA) is 85.9 Å². The number of methoxy groups -OCH3 is 2. The number of imidazole rings is 1. The molecule has 0 amide bonds. The van der Waals surface area contributed by atoms with Gasteiger partial charge in [0.1, 0.15) is 18.9 Å². The van der Waals surface area contributed by atoms with Crippen molar-refractivity contribution in [3.8, 4) is 0 Å². The lowest BCUT2D eigenvalue weighted by atomic mass is 10.5. The van der Waals surface area contributed by atoms with Crippen molar-refractivity contribution >= 4 is 5.97 Å². The first-order chi connectivity index (χ1) is 11.6. The Morgan fingerprint density at radius 2 is 1.67 bits per heavy atom. The lowest BCUT2D eigenvalue weighted by Crippen LogP contribution is -2.33. The van der Waals surface area contributed by atoms with Crippen molar-refractivity contribution in [3.63, 3.8) is 0 Å². The van der Waals surface area contributed by atoms with Crippen molar-refractivity contribution in [2.45, 2.75) is 26.4 Å². The summed E-state index contributed by atoms with van der Waals surface area (Å²) < 4.78 is 24.0. The van der Waals surface area contributed by atoms with Gasteiger partial charge >= 0.3 is 0 Å². The molecule has 0 unspecified atom stereocenters. The van der Waals surface area contributed by atoms with Gasteiger partial charge in [-0.15, -0.1) is 0 Å². The molecule has 8 nitrogen and oxygen atoms in total. The van der Waals surface area contributed by atoms with Gasteiger partial charge in [0, 0.05) is 26.6 Å². The van der Waals surface area contributed by atoms with Crippen molar-refractivity contribution in [1.29, 1.82) is 0 Å². The van der Waals surface area contributed by atoms with E-state index in [0.29, 0.717) is 26.4 Å². The molecule has 0 aliphatic carbocycles. The van der Waals surface area contributed by atoms with Crippen LogP contribution in [0.2, 0.25) is 0 Å². The van der Waals surface area contributed by atoms with Crippen LogP contribution in [0.4, 0.5) is 0 Å². The Balaban J connectivity index is 0.000000446. The van der Waals surface area contributed by atoms with Crippen LogP contribution in [0.25, 0.3) is 0 Å². The SMILES string of the molecule is CCn1cc[n+](CCOC)c1.COCCOCCOCCC(=O)[O-]. The van der Waals surface area contributed by atoms with Gasteiger partial charge in [0.25, 0.3) is 0 Å². The summed E-state index contributed by atoms with van der Waals surface area (Å²) in [6.45, 7) is 6.98. The zero-order valence-electron chi connectivity index (χ0n) is 14.9. The number of carbonyl (C=O) groups excluding carboxylic acids is 1. The van der Waals surface area contributed by atoms with Gasteiger partial charge in [0.05, 0.1) is 46.2 Å². The standard InChI is InChI=1S/C8H15N2O.C8H16O5/c1-3-9-4-5-10(8-9)6-7-11-2;1-11-4-5-13-7-6-12-3-2-8(9)10/h4-5,8H,3,6-7H2,1-2H3;2-7H2,1H3,(H,9,10)/q+1;/p-1. The number of ether oxygens (including phenoxy) is 4. The predicted molar refractivity (Wildman–Crippen MR) is 85.3 cm³/mol. The highest BCUT2D eigenvalue weighted by Gasteiger charge is 1.99. The van der Waals surface area contributed by atoms with Gasteiger partial charge in [0.2, 0.25) is 6.33 Å². The molecule has 1 heterocycles. The number of hydrogen-bond acceptors (Lipinski definition) is 6. The van der Waals surface area contributed by atoms with E-state index in [1.165, 1.54) is 0 Å². The third-order valence-corrected chi connectivity index (χ3v) is 2.92. The molecule has 0 fully saturated rings. The number of carbonyl (C=O) groups is 1. The van der Waals surface area contributed by atoms with E-state index in [1.807, 2.05) is 0 Å². The maximum Gasteiger partial charge on any atom is 0.243 e. The number of hydrogen-bond donors (Lipinski definition) is 0. The molecule has 1 aromatic heterocycles. The van der Waals surface area contributed by atoms with E-state index in [9.17, 15) is 9.90 Å². The molecule has 0 spiro atoms. The van der Waals surface area contributed by atoms with Crippen molar-refractivity contribution in [3.05, 3.63) is 18.7 Å². The van der Waals surface area contributed by atoms with Gasteiger partial charge in [-0.1, -0.05) is 0 Å². The summed E-state index contributed by atoms with van der Waals surface area (Å²) in [6, 6.07) is 0. The Labute approximate surface area is 143 Å². The van der Waals surface area contributed by atoms with Crippen molar-refractivity contribution in [1.82, 2.24) is 4.57 Å². The number of rotatable bonds is 13. The molecule has 0 aromatic carbocycles. The van der Waals surface area contributed by atoms with Gasteiger partial charge in [-0.25, -0.2) is 9.13 Å². The van der Waals surface area contributed by atoms with Crippen molar-refractivity contribution in [2.75, 3.05) is 53.9 Å². The molecule has 8 heteroatoms. The van der Waals surface area contributed by atoms with Crippen LogP contribution in [0, 0.1) is 0 Å². The zero-order chi connectivity index (χ0) is 18.0. The van der Waals surface area contributed by atoms with E-state index in [-0.39, 0.29) is 13.0 Å². The molecule has 1 aromatic rings. The fraction of sp³-hybridized carbons (Fsp3) is 0.750. The summed E-state index contributed by atoms with van der Waals surface area (Å²) in [5.41, 5.74) is 0. The first-order valence-electron chi connectivity index (χ1n) is 8.02. The van der Waals surface area contributed by atoms with Crippen LogP contribution in [0.15, 0.2) is 18.7 Å². The van der Waals surface area contributed by atoms with E-state index >= 15 is 0 Å². The van der Waals surface area contributed by atoms with Crippen LogP contribution >= 0.6 is 0 Å². The molecular weight excluding hydrogens is 316 g/mol. The van der Waals surface area contributed by atoms with Gasteiger partial charge in [-0.05, 0) is 6.92 Å². The van der Waals surface area contributed by atoms with Crippen molar-refractivity contribution < 1.29 is 33.4 Å². The minimum Gasteiger partial charge on any atom is -0.550 e. The molecule has 0 atom stereocenters. The lowest BCUT2D eigenvalue weighted by Gasteiger charge is -2.05. The summed E-state index contributed by atoms with van der Waals surface area (Å²) in [5.74, 6) is -1.10. The van der Waals surface area contributed by atoms with E-state index in [0.717, 1.165) is 19.7 Å². The second kappa shape index (κ2) is 16.4. The summed E-state index contributed by atoms with van der Waals surface area (Å²) >= 11 is 0. The largest absolute Gasteiger partial charge is 0.550 e. The average molecular weight is 346 g/mol. The lowest BCUT2D eigenvalue weighted by molar-refractivity contribution is -0.697. The highest BCUT2D eigenvalue weighted by atomic mass is 16.5. The normalized spacial score (nSPS) is 10.3. The fourth-order valence-electron chi connectivity index (χ4n) is 1.57. The molecule has 140 valence electrons. The maximum atomic E-state index is 9.93. The molecular formula is C16H30N2O6. The highest BCUT2D eigenvalue weighted by molar-refractivity contribution is 5.64. The first-order valence-corrected chi connectivity index (χ1v) is 8.02. The minimum atomic E-state index is -1.10. The molecule has 1 rings (SSSR count). The van der Waals surface area contributed by atoms with Crippen LogP contribution in [-0.4, -0.2) is 64.4 Å². The molecule has 0 aliphatic rings. The quantitative estimate of drug-likeness (QED) is 0.345. The van der Waals surface area contributed by atoms with Crippen LogP contribution in [-0.2, 0) is 36.8 Å². The van der Waals surface area contributed by atoms with E-state index in [2.05, 4.69) is 34.8 Å². The summed E-state index contributed by atoms with van der Waals surface area (Å²) in [5, 5.41) is 9.93. The fourth-order valence-corrected chi connectivity index (χ4v) is 1.57. The Bertz CT molecular complexity index is 411. The number of carboxylic acids is 1. The van der Waals surface area contributed by atoms with Gasteiger partial charge < -0.3 is 28.8 Å². The number of aromatic nitrogens is 2. The van der Waals surface area contributed by atoms with Crippen molar-refractivity contribution in [2.24, 2.45) is 0 Å². The molecule has 0 saturated carbocycles. The molecule has 0 aliphatic heterocycles. The van der Waals surface area contributed by atoms with Crippen LogP contribution in [0.3, 0.4) is 0 Å². The molecule has 0 radical (unpaired) electrons. The number of nitrogens with zero attached hydrogens (tertiary/aromatic N) is 2. The van der Waals surface area contributed by atoms with Crippen LogP contribution in [0.5, 0.6) is 0 Å². The number of aliphatic carboxylic acids is 1. The molecule has 24 heavy (non-hydrogen) atoms. The second-order valence-corrected chi connectivity index (χ2v) is 4.81. The zero-order valence-corrected chi connectivity index (χ0v) is 14.9. The third-order valence-electron chi connectivity index (χ3n) is 2.92. The predicted octanol–water partition coefficient (Wildman–Crippen LogP) is -0.752. The summed E-state index contributed by atoms with van der Waals surface area (Å²) in [7, 11) is 3.32. The smallest absolute Gasteiger partial charge is 0.243 e. The molecule has 0 N–H and O–H groups in total. The summed E-state index contributed by atoms with van der Waals surface area (Å²) in [4.78, 5) is 9.93. The number of carboxylic acid groups (broad SMARTS) is 1. The van der Waals surface area contributed by atoms with E-state index < -0.39 is 5.97 Å². The van der Waals surface area contributed by atoms with E-state index in [1.54, 1.807) is 14.2 Å². The Hall–Kier alpha value is -1.48. The summed E-state index contributed by atoms with van der Waals surface area (Å²) in [6.07, 6.45) is 6.13.